The summed E-state index contributed by atoms with van der Waals surface area (Å²) >= 11 is 3.24. The van der Waals surface area contributed by atoms with E-state index in [1.54, 1.807) is 30.3 Å². The smallest absolute Gasteiger partial charge is 0.291 e. The van der Waals surface area contributed by atoms with Gasteiger partial charge in [-0.1, -0.05) is 28.1 Å². The Kier molecular flexibility index (Phi) is 5.29. The van der Waals surface area contributed by atoms with Crippen molar-refractivity contribution in [3.63, 3.8) is 0 Å². The first kappa shape index (κ1) is 19.1. The van der Waals surface area contributed by atoms with E-state index in [0.29, 0.717) is 11.3 Å². The van der Waals surface area contributed by atoms with Gasteiger partial charge in [-0.25, -0.2) is 8.42 Å². The summed E-state index contributed by atoms with van der Waals surface area (Å²) in [6.07, 6.45) is 0. The van der Waals surface area contributed by atoms with Gasteiger partial charge in [0, 0.05) is 15.7 Å². The van der Waals surface area contributed by atoms with Crippen molar-refractivity contribution < 1.29 is 22.4 Å². The lowest BCUT2D eigenvalue weighted by molar-refractivity contribution is 0.0987. The lowest BCUT2D eigenvalue weighted by atomic mass is 10.1. The number of amides is 1. The Balaban J connectivity index is 1.83. The lowest BCUT2D eigenvalue weighted by Crippen LogP contribution is -2.11. The van der Waals surface area contributed by atoms with Crippen LogP contribution in [0.5, 0.6) is 0 Å². The quantitative estimate of drug-likeness (QED) is 0.587. The fourth-order valence-corrected chi connectivity index (χ4v) is 3.76. The molecule has 8 heteroatoms. The van der Waals surface area contributed by atoms with Crippen LogP contribution in [0.1, 0.15) is 27.8 Å². The number of carbonyl (C=O) groups is 2. The molecule has 0 aliphatic rings. The van der Waals surface area contributed by atoms with Gasteiger partial charge in [-0.05, 0) is 55.5 Å². The van der Waals surface area contributed by atoms with E-state index in [4.69, 9.17) is 4.42 Å². The van der Waals surface area contributed by atoms with Gasteiger partial charge in [0.05, 0.1) is 4.90 Å². The predicted molar refractivity (Wildman–Crippen MR) is 103 cm³/mol. The Morgan fingerprint density at radius 2 is 1.70 bits per heavy atom. The Morgan fingerprint density at radius 1 is 1.00 bits per heavy atom. The van der Waals surface area contributed by atoms with Crippen LogP contribution in [-0.4, -0.2) is 20.1 Å². The topological polar surface area (TPSA) is 93.5 Å². The largest absolute Gasteiger partial charge is 0.439 e. The summed E-state index contributed by atoms with van der Waals surface area (Å²) in [5.41, 5.74) is 0.854. The third-order valence-corrected chi connectivity index (χ3v) is 5.89. The average molecular weight is 448 g/mol. The molecule has 1 aromatic heterocycles. The first-order chi connectivity index (χ1) is 12.8. The van der Waals surface area contributed by atoms with Crippen LogP contribution in [0.25, 0.3) is 0 Å². The number of Topliss-reactive ketones (excluding diaryl/α,β-unsaturated/α-hetero) is 1. The van der Waals surface area contributed by atoms with Crippen LogP contribution < -0.4 is 5.32 Å². The highest BCUT2D eigenvalue weighted by Gasteiger charge is 2.23. The average Bonchev–Trinajstić information content (AvgIpc) is 3.13. The number of benzene rings is 2. The van der Waals surface area contributed by atoms with Gasteiger partial charge >= 0.3 is 0 Å². The molecule has 0 aliphatic carbocycles. The van der Waals surface area contributed by atoms with Gasteiger partial charge in [0.1, 0.15) is 0 Å². The number of ketones is 1. The maximum Gasteiger partial charge on any atom is 0.291 e. The predicted octanol–water partition coefficient (Wildman–Crippen LogP) is 4.33. The molecule has 0 saturated heterocycles. The fraction of sp³-hybridized carbons (Fsp3) is 0.0526. The molecule has 0 unspecified atom stereocenters. The minimum atomic E-state index is -3.87. The fourth-order valence-electron chi connectivity index (χ4n) is 2.33. The van der Waals surface area contributed by atoms with Crippen LogP contribution in [0.15, 0.2) is 79.5 Å². The van der Waals surface area contributed by atoms with Crippen LogP contribution in [0, 0.1) is 0 Å². The van der Waals surface area contributed by atoms with Crippen LogP contribution in [0.3, 0.4) is 0 Å². The number of hydrogen-bond acceptors (Lipinski definition) is 5. The van der Waals surface area contributed by atoms with E-state index in [-0.39, 0.29) is 21.5 Å². The molecule has 0 bridgehead atoms. The third-order valence-electron chi connectivity index (χ3n) is 3.72. The molecule has 3 rings (SSSR count). The van der Waals surface area contributed by atoms with Crippen LogP contribution >= 0.6 is 15.9 Å². The zero-order valence-electron chi connectivity index (χ0n) is 14.1. The standard InChI is InChI=1S/C19H14BrNO5S/c1-12(22)13-3-2-4-15(11-13)21-19(23)17-9-10-18(26-17)27(24,25)16-7-5-14(20)6-8-16/h2-11H,1H3,(H,21,23). The van der Waals surface area contributed by atoms with Gasteiger partial charge in [-0.15, -0.1) is 0 Å². The summed E-state index contributed by atoms with van der Waals surface area (Å²) in [5.74, 6) is -0.904. The number of halogens is 1. The Hall–Kier alpha value is -2.71. The van der Waals surface area contributed by atoms with Crippen molar-refractivity contribution >= 4 is 43.1 Å². The molecule has 1 amide bonds. The second-order valence-electron chi connectivity index (χ2n) is 5.67. The molecule has 138 valence electrons. The highest BCUT2D eigenvalue weighted by molar-refractivity contribution is 9.10. The van der Waals surface area contributed by atoms with Crippen molar-refractivity contribution in [3.8, 4) is 0 Å². The first-order valence-electron chi connectivity index (χ1n) is 7.80. The molecule has 0 aliphatic heterocycles. The molecule has 1 heterocycles. The van der Waals surface area contributed by atoms with E-state index in [1.807, 2.05) is 0 Å². The molecule has 6 nitrogen and oxygen atoms in total. The molecule has 2 aromatic carbocycles. The summed E-state index contributed by atoms with van der Waals surface area (Å²) in [6, 6.07) is 15.0. The second kappa shape index (κ2) is 7.50. The van der Waals surface area contributed by atoms with Gasteiger partial charge in [0.25, 0.3) is 5.91 Å². The Bertz CT molecular complexity index is 1120. The van der Waals surface area contributed by atoms with Crippen LogP contribution in [-0.2, 0) is 9.84 Å². The lowest BCUT2D eigenvalue weighted by Gasteiger charge is -2.05. The second-order valence-corrected chi connectivity index (χ2v) is 8.46. The molecule has 3 aromatic rings. The van der Waals surface area contributed by atoms with Gasteiger partial charge in [0.2, 0.25) is 14.9 Å². The first-order valence-corrected chi connectivity index (χ1v) is 10.1. The minimum absolute atomic E-state index is 0.0566. The van der Waals surface area contributed by atoms with Crippen molar-refractivity contribution in [3.05, 3.63) is 76.5 Å². The summed E-state index contributed by atoms with van der Waals surface area (Å²) in [5, 5.41) is 2.25. The highest BCUT2D eigenvalue weighted by atomic mass is 79.9. The Labute approximate surface area is 164 Å². The maximum atomic E-state index is 12.6. The SMILES string of the molecule is CC(=O)c1cccc(NC(=O)c2ccc(S(=O)(=O)c3ccc(Br)cc3)o2)c1. The number of rotatable bonds is 5. The van der Waals surface area contributed by atoms with E-state index in [0.717, 1.165) is 4.47 Å². The number of sulfone groups is 1. The number of anilines is 1. The monoisotopic (exact) mass is 447 g/mol. The van der Waals surface area contributed by atoms with Crippen LogP contribution in [0.4, 0.5) is 5.69 Å². The van der Waals surface area contributed by atoms with Gasteiger partial charge in [-0.3, -0.25) is 9.59 Å². The van der Waals surface area contributed by atoms with E-state index < -0.39 is 15.7 Å². The van der Waals surface area contributed by atoms with Crippen molar-refractivity contribution in [1.82, 2.24) is 0 Å². The normalized spacial score (nSPS) is 11.2. The number of furan rings is 1. The molecule has 0 atom stereocenters. The molecule has 0 spiro atoms. The van der Waals surface area contributed by atoms with E-state index in [1.165, 1.54) is 37.3 Å². The van der Waals surface area contributed by atoms with Crippen molar-refractivity contribution in [2.45, 2.75) is 16.9 Å². The summed E-state index contributed by atoms with van der Waals surface area (Å²) in [6.45, 7) is 1.42. The van der Waals surface area contributed by atoms with Crippen LogP contribution in [0.2, 0.25) is 0 Å². The summed E-state index contributed by atoms with van der Waals surface area (Å²) in [4.78, 5) is 23.8. The molecular formula is C19H14BrNO5S. The molecule has 0 radical (unpaired) electrons. The molecule has 0 saturated carbocycles. The summed E-state index contributed by atoms with van der Waals surface area (Å²) < 4.78 is 31.2. The number of hydrogen-bond donors (Lipinski definition) is 1. The number of nitrogens with one attached hydrogen (secondary N) is 1. The zero-order chi connectivity index (χ0) is 19.6. The van der Waals surface area contributed by atoms with Crippen molar-refractivity contribution in [2.75, 3.05) is 5.32 Å². The maximum absolute atomic E-state index is 12.6. The Morgan fingerprint density at radius 3 is 2.37 bits per heavy atom. The summed E-state index contributed by atoms with van der Waals surface area (Å²) in [7, 11) is -3.87. The van der Waals surface area contributed by atoms with Crippen molar-refractivity contribution in [1.29, 1.82) is 0 Å². The molecular weight excluding hydrogens is 434 g/mol. The van der Waals surface area contributed by atoms with E-state index >= 15 is 0 Å². The van der Waals surface area contributed by atoms with Gasteiger partial charge in [0.15, 0.2) is 11.5 Å². The van der Waals surface area contributed by atoms with E-state index in [2.05, 4.69) is 21.2 Å². The van der Waals surface area contributed by atoms with Gasteiger partial charge in [-0.2, -0.15) is 0 Å². The molecule has 27 heavy (non-hydrogen) atoms. The van der Waals surface area contributed by atoms with Crippen molar-refractivity contribution in [2.24, 2.45) is 0 Å². The van der Waals surface area contributed by atoms with E-state index in [9.17, 15) is 18.0 Å². The zero-order valence-corrected chi connectivity index (χ0v) is 16.5. The minimum Gasteiger partial charge on any atom is -0.439 e. The molecule has 0 fully saturated rings. The molecule has 1 N–H and O–H groups in total. The number of carbonyl (C=O) groups excluding carboxylic acids is 2. The third kappa shape index (κ3) is 4.17. The highest BCUT2D eigenvalue weighted by Crippen LogP contribution is 2.25. The van der Waals surface area contributed by atoms with Gasteiger partial charge < -0.3 is 9.73 Å².